The van der Waals surface area contributed by atoms with Crippen LogP contribution in [0, 0.1) is 10.8 Å². The first-order valence-electron chi connectivity index (χ1n) is 11.3. The van der Waals surface area contributed by atoms with Gasteiger partial charge in [-0.2, -0.15) is 0 Å². The van der Waals surface area contributed by atoms with Gasteiger partial charge in [-0.25, -0.2) is 4.98 Å². The van der Waals surface area contributed by atoms with Gasteiger partial charge in [0.1, 0.15) is 5.82 Å². The molecule has 8 nitrogen and oxygen atoms in total. The Bertz CT molecular complexity index is 1160. The number of carbonyl (C=O) groups excluding carboxylic acids is 2. The van der Waals surface area contributed by atoms with E-state index in [9.17, 15) is 4.79 Å². The van der Waals surface area contributed by atoms with E-state index in [1.54, 1.807) is 12.1 Å². The quantitative estimate of drug-likeness (QED) is 0.0534. The number of imidazole rings is 1. The van der Waals surface area contributed by atoms with E-state index in [-0.39, 0.29) is 153 Å². The van der Waals surface area contributed by atoms with Crippen molar-refractivity contribution < 1.29 is 124 Å². The molecule has 14 heteroatoms. The molecule has 0 aliphatic heterocycles. The normalized spacial score (nSPS) is 9.38. The maximum Gasteiger partial charge on any atom is 1.00 e. The predicted octanol–water partition coefficient (Wildman–Crippen LogP) is 1.74. The Labute approximate surface area is 368 Å². The summed E-state index contributed by atoms with van der Waals surface area (Å²) in [6.45, 7) is 12.0. The minimum atomic E-state index is -0.181. The maximum absolute atomic E-state index is 11.1. The molecule has 1 aromatic heterocycles. The van der Waals surface area contributed by atoms with Gasteiger partial charge in [0.25, 0.3) is 6.47 Å². The van der Waals surface area contributed by atoms with Crippen LogP contribution in [0.15, 0.2) is 63.7 Å². The molecular formula is C28H40Br3ClK2N4O4. The molecule has 0 bridgehead atoms. The summed E-state index contributed by atoms with van der Waals surface area (Å²) in [7, 11) is 0. The van der Waals surface area contributed by atoms with Crippen molar-refractivity contribution in [1.82, 2.24) is 9.97 Å². The second-order valence-electron chi connectivity index (χ2n) is 9.82. The van der Waals surface area contributed by atoms with Crippen molar-refractivity contribution in [2.24, 2.45) is 11.1 Å². The number of benzene rings is 2. The molecular weight excluding hydrogens is 810 g/mol. The number of hydrogen-bond donors (Lipinski definition) is 3. The van der Waals surface area contributed by atoms with Crippen LogP contribution in [0.1, 0.15) is 66.6 Å². The van der Waals surface area contributed by atoms with Crippen LogP contribution in [0.4, 0.5) is 0 Å². The summed E-state index contributed by atoms with van der Waals surface area (Å²) in [5, 5.41) is 15.7. The molecule has 0 unspecified atom stereocenters. The van der Waals surface area contributed by atoms with Gasteiger partial charge in [0.05, 0.1) is 23.1 Å². The van der Waals surface area contributed by atoms with Gasteiger partial charge < -0.3 is 22.3 Å². The van der Waals surface area contributed by atoms with Crippen LogP contribution in [0.25, 0.3) is 11.3 Å². The SMILES string of the molecule is C.CC(C)(C)C(=N)N.CC(C)(C)c1ncc(-c2ccc(Br)cc2)[nH]1.Cl.O=C(CBr)c1ccc(Br)cc1.O=CO[O-].[H-].[K+].[K+]. The molecule has 2 aromatic carbocycles. The van der Waals surface area contributed by atoms with Gasteiger partial charge >= 0.3 is 103 Å². The van der Waals surface area contributed by atoms with Crippen LogP contribution in [-0.2, 0) is 15.1 Å². The Morgan fingerprint density at radius 2 is 1.40 bits per heavy atom. The van der Waals surface area contributed by atoms with E-state index in [0.717, 1.165) is 31.6 Å². The number of halogens is 4. The predicted molar refractivity (Wildman–Crippen MR) is 176 cm³/mol. The number of nitrogens with one attached hydrogen (secondary N) is 2. The number of aromatic amines is 1. The number of nitrogens with zero attached hydrogens (tertiary/aromatic N) is 1. The van der Waals surface area contributed by atoms with Crippen molar-refractivity contribution in [3.63, 3.8) is 0 Å². The molecule has 42 heavy (non-hydrogen) atoms. The Morgan fingerprint density at radius 1 is 1.02 bits per heavy atom. The molecule has 3 aromatic rings. The molecule has 0 atom stereocenters. The number of aromatic nitrogens is 2. The van der Waals surface area contributed by atoms with Gasteiger partial charge in [0, 0.05) is 25.3 Å². The third-order valence-electron chi connectivity index (χ3n) is 4.58. The molecule has 3 rings (SSSR count). The Morgan fingerprint density at radius 3 is 1.69 bits per heavy atom. The molecule has 0 saturated carbocycles. The van der Waals surface area contributed by atoms with Gasteiger partial charge in [-0.15, -0.1) is 12.4 Å². The first-order valence-corrected chi connectivity index (χ1v) is 14.0. The topological polar surface area (TPSA) is 145 Å². The zero-order valence-corrected chi connectivity index (χ0v) is 36.5. The van der Waals surface area contributed by atoms with E-state index in [1.807, 2.05) is 51.2 Å². The van der Waals surface area contributed by atoms with E-state index >= 15 is 0 Å². The second-order valence-corrected chi connectivity index (χ2v) is 12.2. The minimum absolute atomic E-state index is 0. The number of ketones is 1. The summed E-state index contributed by atoms with van der Waals surface area (Å²) in [6, 6.07) is 15.5. The van der Waals surface area contributed by atoms with Crippen LogP contribution >= 0.6 is 60.2 Å². The van der Waals surface area contributed by atoms with E-state index in [4.69, 9.17) is 21.2 Å². The van der Waals surface area contributed by atoms with E-state index in [2.05, 4.69) is 95.5 Å². The molecule has 4 N–H and O–H groups in total. The standard InChI is InChI=1S/C13H15BrN2.C8H6Br2O.C5H12N2.CH2O3.CH4.ClH.2K.H/c1-13(2,3)12-15-8-11(16-12)9-4-6-10(14)7-5-9;9-5-8(11)6-1-3-7(10)4-2-6;1-5(2,3)4(6)7;2-1-4-3;;;;;/h4-8H,1-3H3,(H,15,16);1-4H,5H2;1-3H3,(H3,6,7);1,3H;1H4;1H;;;/q;;;;;;2*+1;-1/p-1. The molecule has 0 fully saturated rings. The van der Waals surface area contributed by atoms with Gasteiger partial charge in [-0.3, -0.25) is 15.0 Å². The zero-order chi connectivity index (χ0) is 29.5. The molecule has 0 spiro atoms. The van der Waals surface area contributed by atoms with E-state index < -0.39 is 0 Å². The van der Waals surface area contributed by atoms with E-state index in [0.29, 0.717) is 5.33 Å². The molecule has 0 aliphatic carbocycles. The third-order valence-corrected chi connectivity index (χ3v) is 6.14. The fourth-order valence-corrected chi connectivity index (χ4v) is 3.04. The number of alkyl halides is 1. The van der Waals surface area contributed by atoms with Gasteiger partial charge in [-0.1, -0.05) is 121 Å². The summed E-state index contributed by atoms with van der Waals surface area (Å²) in [5.74, 6) is 1.37. The maximum atomic E-state index is 11.1. The van der Waals surface area contributed by atoms with Crippen LogP contribution in [-0.4, -0.2) is 33.4 Å². The number of hydrogen-bond acceptors (Lipinski definition) is 6. The average Bonchev–Trinajstić information content (AvgIpc) is 3.36. The number of carbonyl (C=O) groups is 2. The summed E-state index contributed by atoms with van der Waals surface area (Å²) in [4.78, 5) is 30.1. The summed E-state index contributed by atoms with van der Waals surface area (Å²) in [6.07, 6.45) is 1.89. The van der Waals surface area contributed by atoms with Crippen LogP contribution in [0.2, 0.25) is 0 Å². The monoisotopic (exact) mass is 846 g/mol. The zero-order valence-electron chi connectivity index (χ0n) is 25.7. The number of amidine groups is 1. The molecule has 0 radical (unpaired) electrons. The first-order chi connectivity index (χ1) is 17.6. The smallest absolute Gasteiger partial charge is 1.00 e. The number of Topliss-reactive ketones (excluding diaryl/α,β-unsaturated/α-hetero) is 1. The molecule has 0 aliphatic rings. The molecule has 0 saturated heterocycles. The van der Waals surface area contributed by atoms with Crippen LogP contribution < -0.4 is 114 Å². The fourth-order valence-electron chi connectivity index (χ4n) is 2.19. The number of rotatable bonds is 4. The Kier molecular flexibility index (Phi) is 34.3. The Balaban J connectivity index is -0.000000113. The van der Waals surface area contributed by atoms with Gasteiger partial charge in [0.2, 0.25) is 0 Å². The average molecular weight is 850 g/mol. The summed E-state index contributed by atoms with van der Waals surface area (Å²) in [5.41, 5.74) is 8.04. The van der Waals surface area contributed by atoms with Crippen molar-refractivity contribution in [3.8, 4) is 11.3 Å². The number of nitrogens with two attached hydrogens (primary N) is 1. The second kappa shape index (κ2) is 27.3. The van der Waals surface area contributed by atoms with Gasteiger partial charge in [-0.05, 0) is 29.8 Å². The third kappa shape index (κ3) is 23.5. The van der Waals surface area contributed by atoms with Crippen molar-refractivity contribution in [1.29, 1.82) is 5.41 Å². The number of H-pyrrole nitrogens is 1. The molecule has 226 valence electrons. The summed E-state index contributed by atoms with van der Waals surface area (Å²) < 4.78 is 2.08. The van der Waals surface area contributed by atoms with Gasteiger partial charge in [0.15, 0.2) is 5.78 Å². The molecule has 1 heterocycles. The minimum Gasteiger partial charge on any atom is -1.00 e. The molecule has 0 amide bonds. The largest absolute Gasteiger partial charge is 1.00 e. The Hall–Kier alpha value is 1.22. The van der Waals surface area contributed by atoms with Crippen LogP contribution in [0.3, 0.4) is 0 Å². The van der Waals surface area contributed by atoms with Crippen molar-refractivity contribution in [3.05, 3.63) is 75.1 Å². The fraction of sp³-hybridized carbons (Fsp3) is 0.357. The van der Waals surface area contributed by atoms with Crippen LogP contribution in [0.5, 0.6) is 0 Å². The van der Waals surface area contributed by atoms with E-state index in [1.165, 1.54) is 0 Å². The van der Waals surface area contributed by atoms with Crippen molar-refractivity contribution in [2.75, 3.05) is 5.33 Å². The van der Waals surface area contributed by atoms with Crippen molar-refractivity contribution in [2.45, 2.75) is 54.4 Å². The van der Waals surface area contributed by atoms with Crippen molar-refractivity contribution >= 4 is 78.3 Å². The summed E-state index contributed by atoms with van der Waals surface area (Å²) >= 11 is 9.83. The first kappa shape index (κ1) is 52.7.